The number of guanidine groups is 1. The molecule has 7 nitrogen and oxygen atoms in total. The molecule has 0 aliphatic rings. The van der Waals surface area contributed by atoms with E-state index in [1.165, 1.54) is 0 Å². The summed E-state index contributed by atoms with van der Waals surface area (Å²) in [6, 6.07) is 11.8. The van der Waals surface area contributed by atoms with E-state index in [2.05, 4.69) is 39.6 Å². The van der Waals surface area contributed by atoms with Crippen LogP contribution in [-0.4, -0.2) is 23.1 Å². The molecule has 0 spiro atoms. The first-order valence-electron chi connectivity index (χ1n) is 8.55. The van der Waals surface area contributed by atoms with Crippen LogP contribution in [0.4, 0.5) is 0 Å². The topological polar surface area (TPSA) is 88.5 Å². The molecule has 2 aromatic heterocycles. The summed E-state index contributed by atoms with van der Waals surface area (Å²) < 4.78 is 10.8. The van der Waals surface area contributed by atoms with Crippen molar-refractivity contribution in [1.82, 2.24) is 20.8 Å². The number of aromatic nitrogens is 2. The number of nitrogens with one attached hydrogen (secondary N) is 2. The summed E-state index contributed by atoms with van der Waals surface area (Å²) >= 11 is 0. The first-order chi connectivity index (χ1) is 12.7. The van der Waals surface area contributed by atoms with Gasteiger partial charge < -0.3 is 19.6 Å². The van der Waals surface area contributed by atoms with Crippen molar-refractivity contribution in [2.24, 2.45) is 4.99 Å². The maximum absolute atomic E-state index is 5.54. The quantitative estimate of drug-likeness (QED) is 0.522. The summed E-state index contributed by atoms with van der Waals surface area (Å²) in [5.74, 6) is 2.37. The molecule has 0 amide bonds. The Morgan fingerprint density at radius 3 is 2.62 bits per heavy atom. The van der Waals surface area contributed by atoms with Gasteiger partial charge in [0.05, 0.1) is 24.5 Å². The van der Waals surface area contributed by atoms with Gasteiger partial charge in [0.15, 0.2) is 11.7 Å². The minimum absolute atomic E-state index is 0.343. The summed E-state index contributed by atoms with van der Waals surface area (Å²) in [5.41, 5.74) is 2.70. The lowest BCUT2D eigenvalue weighted by Crippen LogP contribution is -2.36. The lowest BCUT2D eigenvalue weighted by molar-refractivity contribution is 0.372. The second kappa shape index (κ2) is 8.33. The van der Waals surface area contributed by atoms with Crippen molar-refractivity contribution >= 4 is 5.96 Å². The van der Waals surface area contributed by atoms with Gasteiger partial charge in [-0.05, 0) is 18.1 Å². The average Bonchev–Trinajstić information content (AvgIpc) is 3.32. The van der Waals surface area contributed by atoms with Gasteiger partial charge in [-0.15, -0.1) is 0 Å². The van der Waals surface area contributed by atoms with Gasteiger partial charge >= 0.3 is 0 Å². The molecule has 1 aromatic carbocycles. The smallest absolute Gasteiger partial charge is 0.226 e. The van der Waals surface area contributed by atoms with E-state index in [1.807, 2.05) is 36.4 Å². The predicted octanol–water partition coefficient (Wildman–Crippen LogP) is 3.32. The van der Waals surface area contributed by atoms with Gasteiger partial charge in [-0.3, -0.25) is 4.99 Å². The number of nitrogens with zero attached hydrogens (tertiary/aromatic N) is 3. The van der Waals surface area contributed by atoms with Crippen LogP contribution < -0.4 is 10.6 Å². The van der Waals surface area contributed by atoms with E-state index in [0.717, 1.165) is 22.7 Å². The molecule has 0 fully saturated rings. The largest absolute Gasteiger partial charge is 0.444 e. The molecule has 0 bridgehead atoms. The SMILES string of the molecule is CN=C(NCc1coc(-c2ccccc2)n1)NCc1cc(C(C)C)no1. The second-order valence-corrected chi connectivity index (χ2v) is 6.16. The minimum Gasteiger partial charge on any atom is -0.444 e. The summed E-state index contributed by atoms with van der Waals surface area (Å²) in [6.45, 7) is 5.17. The zero-order valence-electron chi connectivity index (χ0n) is 15.2. The molecule has 0 aliphatic heterocycles. The van der Waals surface area contributed by atoms with Crippen molar-refractivity contribution in [2.45, 2.75) is 32.9 Å². The van der Waals surface area contributed by atoms with Gasteiger partial charge in [-0.25, -0.2) is 4.98 Å². The lowest BCUT2D eigenvalue weighted by Gasteiger charge is -2.09. The van der Waals surface area contributed by atoms with E-state index >= 15 is 0 Å². The highest BCUT2D eigenvalue weighted by Gasteiger charge is 2.09. The van der Waals surface area contributed by atoms with Crippen molar-refractivity contribution < 1.29 is 8.94 Å². The Morgan fingerprint density at radius 1 is 1.15 bits per heavy atom. The van der Waals surface area contributed by atoms with Gasteiger partial charge in [-0.2, -0.15) is 0 Å². The van der Waals surface area contributed by atoms with Crippen LogP contribution in [0.3, 0.4) is 0 Å². The van der Waals surface area contributed by atoms with E-state index in [-0.39, 0.29) is 0 Å². The predicted molar refractivity (Wildman–Crippen MR) is 99.6 cm³/mol. The molecule has 0 atom stereocenters. The molecular formula is C19H23N5O2. The molecular weight excluding hydrogens is 330 g/mol. The number of benzene rings is 1. The number of rotatable bonds is 6. The van der Waals surface area contributed by atoms with Crippen LogP contribution in [0.2, 0.25) is 0 Å². The molecule has 26 heavy (non-hydrogen) atoms. The molecule has 2 heterocycles. The third kappa shape index (κ3) is 4.50. The molecule has 0 saturated carbocycles. The Hall–Kier alpha value is -3.09. The fraction of sp³-hybridized carbons (Fsp3) is 0.316. The summed E-state index contributed by atoms with van der Waals surface area (Å²) in [4.78, 5) is 8.69. The first-order valence-corrected chi connectivity index (χ1v) is 8.55. The second-order valence-electron chi connectivity index (χ2n) is 6.16. The van der Waals surface area contributed by atoms with Crippen LogP contribution in [0.1, 0.15) is 36.9 Å². The van der Waals surface area contributed by atoms with E-state index < -0.39 is 0 Å². The Balaban J connectivity index is 1.52. The fourth-order valence-corrected chi connectivity index (χ4v) is 2.35. The maximum atomic E-state index is 5.54. The molecule has 7 heteroatoms. The molecule has 0 aliphatic carbocycles. The zero-order chi connectivity index (χ0) is 18.4. The third-order valence-corrected chi connectivity index (χ3v) is 3.83. The molecule has 2 N–H and O–H groups in total. The Kier molecular flexibility index (Phi) is 5.68. The van der Waals surface area contributed by atoms with Crippen molar-refractivity contribution in [1.29, 1.82) is 0 Å². The molecule has 0 radical (unpaired) electrons. The zero-order valence-corrected chi connectivity index (χ0v) is 15.2. The molecule has 0 saturated heterocycles. The van der Waals surface area contributed by atoms with Crippen LogP contribution in [0, 0.1) is 0 Å². The van der Waals surface area contributed by atoms with Crippen LogP contribution in [0.25, 0.3) is 11.5 Å². The molecule has 0 unspecified atom stereocenters. The standard InChI is InChI=1S/C19H23N5O2/c1-13(2)17-9-16(26-24-17)11-22-19(20-3)21-10-15-12-25-18(23-15)14-7-5-4-6-8-14/h4-9,12-13H,10-11H2,1-3H3,(H2,20,21,22). The third-order valence-electron chi connectivity index (χ3n) is 3.83. The van der Waals surface area contributed by atoms with E-state index in [4.69, 9.17) is 8.94 Å². The van der Waals surface area contributed by atoms with Crippen LogP contribution in [0.15, 0.2) is 56.6 Å². The fourth-order valence-electron chi connectivity index (χ4n) is 2.35. The van der Waals surface area contributed by atoms with Crippen molar-refractivity contribution in [3.63, 3.8) is 0 Å². The Morgan fingerprint density at radius 2 is 1.92 bits per heavy atom. The normalized spacial score (nSPS) is 11.8. The highest BCUT2D eigenvalue weighted by Crippen LogP contribution is 2.17. The van der Waals surface area contributed by atoms with Gasteiger partial charge in [0.2, 0.25) is 5.89 Å². The van der Waals surface area contributed by atoms with Gasteiger partial charge in [0.1, 0.15) is 6.26 Å². The Labute approximate surface area is 152 Å². The van der Waals surface area contributed by atoms with Gasteiger partial charge in [0, 0.05) is 18.7 Å². The summed E-state index contributed by atoms with van der Waals surface area (Å²) in [7, 11) is 1.72. The van der Waals surface area contributed by atoms with Crippen molar-refractivity contribution in [3.8, 4) is 11.5 Å². The van der Waals surface area contributed by atoms with Crippen LogP contribution in [-0.2, 0) is 13.1 Å². The molecule has 3 rings (SSSR count). The molecule has 3 aromatic rings. The van der Waals surface area contributed by atoms with E-state index in [1.54, 1.807) is 13.3 Å². The number of hydrogen-bond donors (Lipinski definition) is 2. The highest BCUT2D eigenvalue weighted by molar-refractivity contribution is 5.79. The van der Waals surface area contributed by atoms with Crippen LogP contribution in [0.5, 0.6) is 0 Å². The Bertz CT molecular complexity index is 852. The van der Waals surface area contributed by atoms with Gasteiger partial charge in [0.25, 0.3) is 0 Å². The van der Waals surface area contributed by atoms with Crippen molar-refractivity contribution in [2.75, 3.05) is 7.05 Å². The molecule has 136 valence electrons. The monoisotopic (exact) mass is 353 g/mol. The lowest BCUT2D eigenvalue weighted by atomic mass is 10.1. The van der Waals surface area contributed by atoms with E-state index in [0.29, 0.717) is 30.9 Å². The summed E-state index contributed by atoms with van der Waals surface area (Å²) in [5, 5.41) is 10.4. The van der Waals surface area contributed by atoms with Crippen LogP contribution >= 0.6 is 0 Å². The maximum Gasteiger partial charge on any atom is 0.226 e. The number of hydrogen-bond acceptors (Lipinski definition) is 5. The van der Waals surface area contributed by atoms with E-state index in [9.17, 15) is 0 Å². The first kappa shape index (κ1) is 17.7. The summed E-state index contributed by atoms with van der Waals surface area (Å²) in [6.07, 6.45) is 1.65. The highest BCUT2D eigenvalue weighted by atomic mass is 16.5. The van der Waals surface area contributed by atoms with Crippen molar-refractivity contribution in [3.05, 3.63) is 59.8 Å². The minimum atomic E-state index is 0.343. The number of oxazole rings is 1. The average molecular weight is 353 g/mol. The van der Waals surface area contributed by atoms with Gasteiger partial charge in [-0.1, -0.05) is 37.2 Å². The number of aliphatic imine (C=N–C) groups is 1.